The first-order chi connectivity index (χ1) is 10.4. The van der Waals surface area contributed by atoms with E-state index in [2.05, 4.69) is 0 Å². The smallest absolute Gasteiger partial charge is 0.244 e. The number of benzene rings is 1. The van der Waals surface area contributed by atoms with Gasteiger partial charge in [0, 0.05) is 17.0 Å². The van der Waals surface area contributed by atoms with Crippen LogP contribution < -0.4 is 0 Å². The number of hydrogen-bond acceptors (Lipinski definition) is 4. The zero-order chi connectivity index (χ0) is 15.9. The maximum atomic E-state index is 13.0. The van der Waals surface area contributed by atoms with Gasteiger partial charge in [0.05, 0.1) is 10.9 Å². The molecule has 0 radical (unpaired) electrons. The average molecular weight is 335 g/mol. The fourth-order valence-corrected chi connectivity index (χ4v) is 5.48. The second-order valence-electron chi connectivity index (χ2n) is 5.67. The van der Waals surface area contributed by atoms with Crippen molar-refractivity contribution in [3.05, 3.63) is 52.2 Å². The molecule has 1 aromatic carbocycles. The van der Waals surface area contributed by atoms with E-state index in [-0.39, 0.29) is 23.1 Å². The van der Waals surface area contributed by atoms with Crippen LogP contribution >= 0.6 is 11.3 Å². The fourth-order valence-electron chi connectivity index (χ4n) is 2.81. The zero-order valence-electron chi connectivity index (χ0n) is 12.4. The molecule has 1 aromatic heterocycles. The van der Waals surface area contributed by atoms with Crippen molar-refractivity contribution in [2.45, 2.75) is 31.3 Å². The van der Waals surface area contributed by atoms with Gasteiger partial charge in [0.15, 0.2) is 5.78 Å². The van der Waals surface area contributed by atoms with Crippen LogP contribution in [0.3, 0.4) is 0 Å². The largest absolute Gasteiger partial charge is 0.292 e. The number of Topliss-reactive ketones (excluding diaryl/α,β-unsaturated/α-hetero) is 1. The van der Waals surface area contributed by atoms with Gasteiger partial charge in [0.25, 0.3) is 0 Å². The third-order valence-electron chi connectivity index (χ3n) is 3.87. The monoisotopic (exact) mass is 335 g/mol. The van der Waals surface area contributed by atoms with Crippen LogP contribution in [0.25, 0.3) is 0 Å². The Labute approximate surface area is 134 Å². The molecule has 4 nitrogen and oxygen atoms in total. The van der Waals surface area contributed by atoms with E-state index < -0.39 is 16.1 Å². The van der Waals surface area contributed by atoms with E-state index >= 15 is 0 Å². The molecule has 0 saturated carbocycles. The molecule has 0 saturated heterocycles. The number of sulfonamides is 1. The molecule has 1 aliphatic rings. The standard InChI is InChI=1S/C16H17NO3S2/c1-11(2)15-16(18)13-8-9-21-14(13)10-17(15)22(19,20)12-6-4-3-5-7-12/h3-9,11,15H,10H2,1-2H3/t15-/m0/s1. The van der Waals surface area contributed by atoms with Crippen molar-refractivity contribution in [2.24, 2.45) is 5.92 Å². The van der Waals surface area contributed by atoms with E-state index in [1.165, 1.54) is 15.6 Å². The van der Waals surface area contributed by atoms with Crippen molar-refractivity contribution < 1.29 is 13.2 Å². The van der Waals surface area contributed by atoms with Crippen LogP contribution in [0.2, 0.25) is 0 Å². The predicted octanol–water partition coefficient (Wildman–Crippen LogP) is 3.16. The van der Waals surface area contributed by atoms with Crippen LogP contribution in [0.4, 0.5) is 0 Å². The molecule has 3 rings (SSSR count). The summed E-state index contributed by atoms with van der Waals surface area (Å²) in [5.41, 5.74) is 0.670. The van der Waals surface area contributed by atoms with Gasteiger partial charge in [0.1, 0.15) is 0 Å². The van der Waals surface area contributed by atoms with E-state index in [0.717, 1.165) is 4.88 Å². The van der Waals surface area contributed by atoms with Crippen molar-refractivity contribution >= 4 is 27.1 Å². The molecule has 116 valence electrons. The molecule has 0 bridgehead atoms. The number of ketones is 1. The molecule has 22 heavy (non-hydrogen) atoms. The molecule has 0 amide bonds. The summed E-state index contributed by atoms with van der Waals surface area (Å²) < 4.78 is 27.3. The van der Waals surface area contributed by atoms with Crippen LogP contribution in [-0.2, 0) is 16.6 Å². The summed E-state index contributed by atoms with van der Waals surface area (Å²) in [7, 11) is -3.69. The lowest BCUT2D eigenvalue weighted by atomic mass is 9.92. The minimum absolute atomic E-state index is 0.0842. The minimum Gasteiger partial charge on any atom is -0.292 e. The van der Waals surface area contributed by atoms with Crippen LogP contribution in [0.5, 0.6) is 0 Å². The normalized spacial score (nSPS) is 19.4. The van der Waals surface area contributed by atoms with Gasteiger partial charge in [-0.2, -0.15) is 4.31 Å². The van der Waals surface area contributed by atoms with Crippen molar-refractivity contribution in [3.63, 3.8) is 0 Å². The summed E-state index contributed by atoms with van der Waals surface area (Å²) >= 11 is 1.43. The van der Waals surface area contributed by atoms with E-state index in [0.29, 0.717) is 5.56 Å². The number of thiophene rings is 1. The second-order valence-corrected chi connectivity index (χ2v) is 8.57. The Morgan fingerprint density at radius 2 is 1.86 bits per heavy atom. The molecule has 2 aromatic rings. The van der Waals surface area contributed by atoms with Crippen LogP contribution in [0, 0.1) is 5.92 Å². The Balaban J connectivity index is 2.11. The Hall–Kier alpha value is -1.50. The van der Waals surface area contributed by atoms with Gasteiger partial charge in [-0.15, -0.1) is 11.3 Å². The Bertz CT molecular complexity index is 794. The predicted molar refractivity (Wildman–Crippen MR) is 86.4 cm³/mol. The highest BCUT2D eigenvalue weighted by Crippen LogP contribution is 2.34. The lowest BCUT2D eigenvalue weighted by Crippen LogP contribution is -2.50. The Kier molecular flexibility index (Phi) is 3.92. The number of carbonyl (C=O) groups excluding carboxylic acids is 1. The molecule has 0 spiro atoms. The average Bonchev–Trinajstić information content (AvgIpc) is 2.96. The lowest BCUT2D eigenvalue weighted by Gasteiger charge is -2.35. The molecule has 2 heterocycles. The fraction of sp³-hybridized carbons (Fsp3) is 0.312. The number of carbonyl (C=O) groups is 1. The van der Waals surface area contributed by atoms with E-state index in [1.54, 1.807) is 36.4 Å². The van der Waals surface area contributed by atoms with Gasteiger partial charge in [-0.1, -0.05) is 32.0 Å². The van der Waals surface area contributed by atoms with Gasteiger partial charge in [0.2, 0.25) is 10.0 Å². The van der Waals surface area contributed by atoms with Crippen molar-refractivity contribution in [1.29, 1.82) is 0 Å². The summed E-state index contributed by atoms with van der Waals surface area (Å²) in [5, 5.41) is 1.85. The number of nitrogens with zero attached hydrogens (tertiary/aromatic N) is 1. The van der Waals surface area contributed by atoms with Gasteiger partial charge < -0.3 is 0 Å². The van der Waals surface area contributed by atoms with E-state index in [1.807, 2.05) is 19.2 Å². The quantitative estimate of drug-likeness (QED) is 0.866. The van der Waals surface area contributed by atoms with E-state index in [9.17, 15) is 13.2 Å². The summed E-state index contributed by atoms with van der Waals surface area (Å²) in [6, 6.07) is 9.45. The molecule has 0 unspecified atom stereocenters. The van der Waals surface area contributed by atoms with Crippen molar-refractivity contribution in [1.82, 2.24) is 4.31 Å². The van der Waals surface area contributed by atoms with Crippen molar-refractivity contribution in [2.75, 3.05) is 0 Å². The van der Waals surface area contributed by atoms with Crippen LogP contribution in [0.15, 0.2) is 46.7 Å². The van der Waals surface area contributed by atoms with Gasteiger partial charge >= 0.3 is 0 Å². The minimum atomic E-state index is -3.69. The van der Waals surface area contributed by atoms with Crippen LogP contribution in [0.1, 0.15) is 29.1 Å². The highest BCUT2D eigenvalue weighted by Gasteiger charge is 2.42. The third-order valence-corrected chi connectivity index (χ3v) is 6.62. The van der Waals surface area contributed by atoms with Gasteiger partial charge in [-0.3, -0.25) is 4.79 Å². The Morgan fingerprint density at radius 1 is 1.18 bits per heavy atom. The van der Waals surface area contributed by atoms with Crippen LogP contribution in [-0.4, -0.2) is 24.5 Å². The molecule has 6 heteroatoms. The summed E-state index contributed by atoms with van der Waals surface area (Å²) in [5.74, 6) is -0.184. The van der Waals surface area contributed by atoms with Crippen molar-refractivity contribution in [3.8, 4) is 0 Å². The van der Waals surface area contributed by atoms with Gasteiger partial charge in [-0.25, -0.2) is 8.42 Å². The lowest BCUT2D eigenvalue weighted by molar-refractivity contribution is 0.0825. The van der Waals surface area contributed by atoms with Gasteiger partial charge in [-0.05, 0) is 29.5 Å². The second kappa shape index (κ2) is 5.61. The first-order valence-electron chi connectivity index (χ1n) is 7.10. The number of fused-ring (bicyclic) bond motifs is 1. The molecule has 0 fully saturated rings. The number of hydrogen-bond donors (Lipinski definition) is 0. The molecule has 1 atom stereocenters. The Morgan fingerprint density at radius 3 is 2.50 bits per heavy atom. The molecule has 1 aliphatic heterocycles. The molecule has 0 aliphatic carbocycles. The highest BCUT2D eigenvalue weighted by molar-refractivity contribution is 7.89. The first kappa shape index (κ1) is 15.4. The summed E-state index contributed by atoms with van der Waals surface area (Å²) in [6.07, 6.45) is 0. The highest BCUT2D eigenvalue weighted by atomic mass is 32.2. The first-order valence-corrected chi connectivity index (χ1v) is 9.42. The molecule has 0 N–H and O–H groups in total. The SMILES string of the molecule is CC(C)[C@H]1C(=O)c2ccsc2CN1S(=O)(=O)c1ccccc1. The maximum absolute atomic E-state index is 13.0. The number of rotatable bonds is 3. The molecular formula is C16H17NO3S2. The van der Waals surface area contributed by atoms with E-state index in [4.69, 9.17) is 0 Å². The summed E-state index contributed by atoms with van der Waals surface area (Å²) in [4.78, 5) is 13.8. The third kappa shape index (κ3) is 2.41. The topological polar surface area (TPSA) is 54.5 Å². The summed E-state index contributed by atoms with van der Waals surface area (Å²) in [6.45, 7) is 4.03. The molecular weight excluding hydrogens is 318 g/mol. The maximum Gasteiger partial charge on any atom is 0.244 e. The zero-order valence-corrected chi connectivity index (χ0v) is 14.0.